The molecule has 14 heavy (non-hydrogen) atoms. The Morgan fingerprint density at radius 1 is 1.07 bits per heavy atom. The van der Waals surface area contributed by atoms with Gasteiger partial charge in [0, 0.05) is 19.6 Å². The minimum absolute atomic E-state index is 0.948. The van der Waals surface area contributed by atoms with Crippen LogP contribution in [0.1, 0.15) is 32.6 Å². The second kappa shape index (κ2) is 5.13. The van der Waals surface area contributed by atoms with Crippen LogP contribution in [0.4, 0.5) is 0 Å². The Kier molecular flexibility index (Phi) is 3.82. The average Bonchev–Trinajstić information content (AvgIpc) is 2.23. The normalized spacial score (nSPS) is 35.8. The van der Waals surface area contributed by atoms with E-state index in [1.807, 2.05) is 0 Å². The second-order valence-electron chi connectivity index (χ2n) is 5.04. The van der Waals surface area contributed by atoms with Crippen LogP contribution in [0.25, 0.3) is 0 Å². The maximum atomic E-state index is 5.36. The fourth-order valence-corrected chi connectivity index (χ4v) is 2.66. The van der Waals surface area contributed by atoms with Gasteiger partial charge in [-0.15, -0.1) is 0 Å². The third-order valence-electron chi connectivity index (χ3n) is 3.76. The summed E-state index contributed by atoms with van der Waals surface area (Å²) in [6.07, 6.45) is 5.82. The van der Waals surface area contributed by atoms with Gasteiger partial charge in [0.15, 0.2) is 0 Å². The van der Waals surface area contributed by atoms with Gasteiger partial charge in [-0.1, -0.05) is 19.8 Å². The van der Waals surface area contributed by atoms with E-state index in [0.717, 1.165) is 38.1 Å². The molecule has 0 aromatic rings. The summed E-state index contributed by atoms with van der Waals surface area (Å²) in [4.78, 5) is 2.59. The van der Waals surface area contributed by atoms with Gasteiger partial charge in [-0.3, -0.25) is 4.90 Å². The highest BCUT2D eigenvalue weighted by Gasteiger charge is 2.21. The van der Waals surface area contributed by atoms with Crippen molar-refractivity contribution in [1.82, 2.24) is 4.90 Å². The quantitative estimate of drug-likeness (QED) is 0.672. The van der Waals surface area contributed by atoms with E-state index in [1.165, 1.54) is 32.2 Å². The Hall–Kier alpha value is -0.0800. The molecular weight excluding hydrogens is 174 g/mol. The zero-order valence-electron chi connectivity index (χ0n) is 9.37. The minimum atomic E-state index is 0.948. The molecule has 1 heterocycles. The Bertz CT molecular complexity index is 158. The fourth-order valence-electron chi connectivity index (χ4n) is 2.66. The molecule has 0 aromatic carbocycles. The lowest BCUT2D eigenvalue weighted by atomic mass is 9.83. The third kappa shape index (κ3) is 2.96. The molecule has 0 radical (unpaired) electrons. The van der Waals surface area contributed by atoms with E-state index in [9.17, 15) is 0 Å². The highest BCUT2D eigenvalue weighted by atomic mass is 16.5. The highest BCUT2D eigenvalue weighted by Crippen LogP contribution is 2.28. The predicted molar refractivity (Wildman–Crippen MR) is 58.4 cm³/mol. The molecule has 2 nitrogen and oxygen atoms in total. The second-order valence-corrected chi connectivity index (χ2v) is 5.04. The van der Waals surface area contributed by atoms with Gasteiger partial charge in [-0.2, -0.15) is 0 Å². The SMILES string of the molecule is C[C@H]1CC[C@H](CN2CCOCC2)CC1. The smallest absolute Gasteiger partial charge is 0.0594 e. The molecule has 1 aliphatic heterocycles. The number of nitrogens with zero attached hydrogens (tertiary/aromatic N) is 1. The Balaban J connectivity index is 1.68. The Labute approximate surface area is 87.6 Å². The van der Waals surface area contributed by atoms with E-state index < -0.39 is 0 Å². The molecule has 82 valence electrons. The van der Waals surface area contributed by atoms with Crippen molar-refractivity contribution in [3.8, 4) is 0 Å². The van der Waals surface area contributed by atoms with Gasteiger partial charge < -0.3 is 4.74 Å². The van der Waals surface area contributed by atoms with Gasteiger partial charge in [-0.05, 0) is 24.7 Å². The summed E-state index contributed by atoms with van der Waals surface area (Å²) in [7, 11) is 0. The summed E-state index contributed by atoms with van der Waals surface area (Å²) in [5.74, 6) is 1.96. The van der Waals surface area contributed by atoms with Crippen LogP contribution in [0.15, 0.2) is 0 Å². The molecule has 0 N–H and O–H groups in total. The van der Waals surface area contributed by atoms with Gasteiger partial charge in [0.05, 0.1) is 13.2 Å². The van der Waals surface area contributed by atoms with E-state index in [2.05, 4.69) is 11.8 Å². The van der Waals surface area contributed by atoms with E-state index in [0.29, 0.717) is 0 Å². The summed E-state index contributed by atoms with van der Waals surface area (Å²) < 4.78 is 5.36. The predicted octanol–water partition coefficient (Wildman–Crippen LogP) is 2.14. The molecule has 2 fully saturated rings. The van der Waals surface area contributed by atoms with Gasteiger partial charge in [0.1, 0.15) is 0 Å². The molecule has 1 saturated carbocycles. The van der Waals surface area contributed by atoms with Gasteiger partial charge in [0.2, 0.25) is 0 Å². The molecule has 0 unspecified atom stereocenters. The van der Waals surface area contributed by atoms with Crippen LogP contribution >= 0.6 is 0 Å². The lowest BCUT2D eigenvalue weighted by Gasteiger charge is -2.33. The summed E-state index contributed by atoms with van der Waals surface area (Å²) in [6.45, 7) is 7.94. The fraction of sp³-hybridized carbons (Fsp3) is 1.00. The van der Waals surface area contributed by atoms with Gasteiger partial charge >= 0.3 is 0 Å². The Morgan fingerprint density at radius 3 is 2.36 bits per heavy atom. The maximum absolute atomic E-state index is 5.36. The molecule has 0 bridgehead atoms. The first kappa shape index (κ1) is 10.4. The van der Waals surface area contributed by atoms with Crippen molar-refractivity contribution in [2.75, 3.05) is 32.8 Å². The van der Waals surface area contributed by atoms with Crippen LogP contribution in [0.3, 0.4) is 0 Å². The minimum Gasteiger partial charge on any atom is -0.379 e. The van der Waals surface area contributed by atoms with Crippen molar-refractivity contribution < 1.29 is 4.74 Å². The Morgan fingerprint density at radius 2 is 1.71 bits per heavy atom. The summed E-state index contributed by atoms with van der Waals surface area (Å²) in [5, 5.41) is 0. The molecule has 2 aliphatic rings. The number of ether oxygens (including phenoxy) is 1. The standard InChI is InChI=1S/C12H23NO/c1-11-2-4-12(5-3-11)10-13-6-8-14-9-7-13/h11-12H,2-10H2,1H3/t11-,12-. The number of hydrogen-bond donors (Lipinski definition) is 0. The van der Waals surface area contributed by atoms with E-state index in [1.54, 1.807) is 0 Å². The van der Waals surface area contributed by atoms with Crippen LogP contribution in [0, 0.1) is 11.8 Å². The average molecular weight is 197 g/mol. The number of hydrogen-bond acceptors (Lipinski definition) is 2. The van der Waals surface area contributed by atoms with E-state index in [-0.39, 0.29) is 0 Å². The molecule has 0 atom stereocenters. The van der Waals surface area contributed by atoms with Crippen LogP contribution in [-0.4, -0.2) is 37.7 Å². The maximum Gasteiger partial charge on any atom is 0.0594 e. The molecule has 0 spiro atoms. The van der Waals surface area contributed by atoms with Crippen molar-refractivity contribution in [3.05, 3.63) is 0 Å². The van der Waals surface area contributed by atoms with Crippen molar-refractivity contribution in [1.29, 1.82) is 0 Å². The van der Waals surface area contributed by atoms with Crippen LogP contribution in [0.2, 0.25) is 0 Å². The van der Waals surface area contributed by atoms with Crippen molar-refractivity contribution in [3.63, 3.8) is 0 Å². The lowest BCUT2D eigenvalue weighted by molar-refractivity contribution is 0.0267. The van der Waals surface area contributed by atoms with Crippen LogP contribution in [0.5, 0.6) is 0 Å². The zero-order valence-corrected chi connectivity index (χ0v) is 9.37. The molecular formula is C12H23NO. The molecule has 0 aromatic heterocycles. The molecule has 0 amide bonds. The molecule has 1 aliphatic carbocycles. The number of morpholine rings is 1. The number of rotatable bonds is 2. The first-order valence-corrected chi connectivity index (χ1v) is 6.14. The third-order valence-corrected chi connectivity index (χ3v) is 3.76. The van der Waals surface area contributed by atoms with Crippen molar-refractivity contribution in [2.24, 2.45) is 11.8 Å². The molecule has 2 heteroatoms. The summed E-state index contributed by atoms with van der Waals surface area (Å²) >= 11 is 0. The topological polar surface area (TPSA) is 12.5 Å². The summed E-state index contributed by atoms with van der Waals surface area (Å²) in [5.41, 5.74) is 0. The van der Waals surface area contributed by atoms with Crippen LogP contribution < -0.4 is 0 Å². The zero-order chi connectivity index (χ0) is 9.80. The lowest BCUT2D eigenvalue weighted by Crippen LogP contribution is -2.40. The van der Waals surface area contributed by atoms with Crippen molar-refractivity contribution in [2.45, 2.75) is 32.6 Å². The van der Waals surface area contributed by atoms with Crippen LogP contribution in [-0.2, 0) is 4.74 Å². The monoisotopic (exact) mass is 197 g/mol. The van der Waals surface area contributed by atoms with E-state index in [4.69, 9.17) is 4.74 Å². The summed E-state index contributed by atoms with van der Waals surface area (Å²) in [6, 6.07) is 0. The first-order chi connectivity index (χ1) is 6.84. The van der Waals surface area contributed by atoms with E-state index >= 15 is 0 Å². The van der Waals surface area contributed by atoms with Gasteiger partial charge in [-0.25, -0.2) is 0 Å². The highest BCUT2D eigenvalue weighted by molar-refractivity contribution is 4.74. The van der Waals surface area contributed by atoms with Gasteiger partial charge in [0.25, 0.3) is 0 Å². The molecule has 2 rings (SSSR count). The van der Waals surface area contributed by atoms with Crippen molar-refractivity contribution >= 4 is 0 Å². The first-order valence-electron chi connectivity index (χ1n) is 6.14. The largest absolute Gasteiger partial charge is 0.379 e. The molecule has 1 saturated heterocycles.